The number of carbonyl (C=O) groups is 1. The minimum atomic E-state index is -4.39. The first-order valence-corrected chi connectivity index (χ1v) is 10.3. The van der Waals surface area contributed by atoms with Crippen molar-refractivity contribution >= 4 is 44.3 Å². The van der Waals surface area contributed by atoms with E-state index < -0.39 is 20.9 Å². The first-order chi connectivity index (χ1) is 14.7. The zero-order valence-corrected chi connectivity index (χ0v) is 16.8. The largest absolute Gasteiger partial charge is 0.506 e. The summed E-state index contributed by atoms with van der Waals surface area (Å²) in [4.78, 5) is 26.9. The van der Waals surface area contributed by atoms with Crippen LogP contribution in [0.1, 0.15) is 12.5 Å². The molecule has 0 unspecified atom stereocenters. The Morgan fingerprint density at radius 2 is 1.84 bits per heavy atom. The SMILES string of the molecule is CC1=NN(S(=O)(=O)c2ccc(O)c3ncccc23)C(=O)/C1=C/c1ccc([N+](=O)[O-])cc1. The fourth-order valence-electron chi connectivity index (χ4n) is 3.13. The molecule has 2 heterocycles. The number of hydrazone groups is 1. The Balaban J connectivity index is 1.74. The molecule has 0 fully saturated rings. The van der Waals surface area contributed by atoms with E-state index >= 15 is 0 Å². The van der Waals surface area contributed by atoms with Gasteiger partial charge in [0, 0.05) is 23.7 Å². The molecule has 0 spiro atoms. The van der Waals surface area contributed by atoms with Crippen molar-refractivity contribution in [3.8, 4) is 5.75 Å². The molecule has 3 aromatic rings. The highest BCUT2D eigenvalue weighted by atomic mass is 32.2. The van der Waals surface area contributed by atoms with E-state index in [2.05, 4.69) is 10.1 Å². The molecule has 1 aliphatic rings. The minimum absolute atomic E-state index is 0.0404. The summed E-state index contributed by atoms with van der Waals surface area (Å²) in [6.07, 6.45) is 2.82. The number of phenolic OH excluding ortho intramolecular Hbond substituents is 1. The molecule has 0 radical (unpaired) electrons. The van der Waals surface area contributed by atoms with Crippen molar-refractivity contribution in [1.82, 2.24) is 9.40 Å². The number of rotatable bonds is 4. The van der Waals surface area contributed by atoms with Crippen LogP contribution < -0.4 is 0 Å². The highest BCUT2D eigenvalue weighted by Gasteiger charge is 2.38. The third kappa shape index (κ3) is 3.40. The van der Waals surface area contributed by atoms with Crippen molar-refractivity contribution in [1.29, 1.82) is 0 Å². The van der Waals surface area contributed by atoms with Crippen LogP contribution in [0, 0.1) is 10.1 Å². The lowest BCUT2D eigenvalue weighted by molar-refractivity contribution is -0.384. The molecular formula is C20H14N4O6S. The molecule has 1 amide bonds. The summed E-state index contributed by atoms with van der Waals surface area (Å²) in [7, 11) is -4.39. The van der Waals surface area contributed by atoms with Crippen LogP contribution in [0.3, 0.4) is 0 Å². The normalized spacial score (nSPS) is 15.5. The predicted molar refractivity (Wildman–Crippen MR) is 112 cm³/mol. The summed E-state index contributed by atoms with van der Waals surface area (Å²) in [5, 5.41) is 24.8. The van der Waals surface area contributed by atoms with Crippen LogP contribution in [-0.2, 0) is 14.8 Å². The highest BCUT2D eigenvalue weighted by Crippen LogP contribution is 2.32. The summed E-state index contributed by atoms with van der Waals surface area (Å²) in [5.41, 5.74) is 0.661. The zero-order valence-electron chi connectivity index (χ0n) is 16.0. The van der Waals surface area contributed by atoms with Gasteiger partial charge in [-0.15, -0.1) is 4.41 Å². The van der Waals surface area contributed by atoms with Gasteiger partial charge in [-0.2, -0.15) is 13.5 Å². The Morgan fingerprint density at radius 1 is 1.13 bits per heavy atom. The Bertz CT molecular complexity index is 1410. The number of fused-ring (bicyclic) bond motifs is 1. The number of nitrogens with zero attached hydrogens (tertiary/aromatic N) is 4. The van der Waals surface area contributed by atoms with E-state index in [1.165, 1.54) is 67.7 Å². The fourth-order valence-corrected chi connectivity index (χ4v) is 4.55. The lowest BCUT2D eigenvalue weighted by atomic mass is 10.1. The van der Waals surface area contributed by atoms with Gasteiger partial charge in [0.1, 0.15) is 11.3 Å². The topological polar surface area (TPSA) is 143 Å². The number of aromatic hydroxyl groups is 1. The predicted octanol–water partition coefficient (Wildman–Crippen LogP) is 2.84. The van der Waals surface area contributed by atoms with Crippen LogP contribution in [0.2, 0.25) is 0 Å². The number of non-ortho nitro benzene ring substituents is 1. The number of amides is 1. The zero-order chi connectivity index (χ0) is 22.3. The second kappa shape index (κ2) is 7.29. The number of nitro benzene ring substituents is 1. The number of hydrogen-bond donors (Lipinski definition) is 1. The first-order valence-electron chi connectivity index (χ1n) is 8.88. The number of sulfonamides is 1. The van der Waals surface area contributed by atoms with Gasteiger partial charge in [0.2, 0.25) is 0 Å². The molecule has 0 atom stereocenters. The van der Waals surface area contributed by atoms with Crippen molar-refractivity contribution < 1.29 is 23.2 Å². The van der Waals surface area contributed by atoms with E-state index in [1.54, 1.807) is 0 Å². The molecule has 0 aliphatic carbocycles. The smallest absolute Gasteiger partial charge is 0.290 e. The molecule has 4 rings (SSSR count). The van der Waals surface area contributed by atoms with E-state index in [-0.39, 0.29) is 38.5 Å². The Kier molecular flexibility index (Phi) is 4.74. The Morgan fingerprint density at radius 3 is 2.52 bits per heavy atom. The van der Waals surface area contributed by atoms with E-state index in [1.807, 2.05) is 0 Å². The molecule has 0 saturated heterocycles. The number of pyridine rings is 1. The van der Waals surface area contributed by atoms with Gasteiger partial charge in [-0.25, -0.2) is 0 Å². The van der Waals surface area contributed by atoms with E-state index in [4.69, 9.17) is 0 Å². The maximum Gasteiger partial charge on any atom is 0.290 e. The van der Waals surface area contributed by atoms with Gasteiger partial charge in [0.15, 0.2) is 0 Å². The van der Waals surface area contributed by atoms with Gasteiger partial charge in [-0.05, 0) is 55.0 Å². The molecule has 1 N–H and O–H groups in total. The summed E-state index contributed by atoms with van der Waals surface area (Å²) in [6.45, 7) is 1.49. The van der Waals surface area contributed by atoms with E-state index in [9.17, 15) is 28.4 Å². The molecule has 31 heavy (non-hydrogen) atoms. The molecule has 0 bridgehead atoms. The van der Waals surface area contributed by atoms with Crippen LogP contribution in [-0.4, -0.2) is 39.5 Å². The van der Waals surface area contributed by atoms with E-state index in [0.717, 1.165) is 0 Å². The summed E-state index contributed by atoms with van der Waals surface area (Å²) in [5.74, 6) is -1.05. The average Bonchev–Trinajstić information content (AvgIpc) is 3.03. The molecule has 0 saturated carbocycles. The fraction of sp³-hybridized carbons (Fsp3) is 0.0500. The van der Waals surface area contributed by atoms with Crippen LogP contribution in [0.4, 0.5) is 5.69 Å². The van der Waals surface area contributed by atoms with Gasteiger partial charge in [0.05, 0.1) is 21.1 Å². The molecular weight excluding hydrogens is 424 g/mol. The highest BCUT2D eigenvalue weighted by molar-refractivity contribution is 7.90. The van der Waals surface area contributed by atoms with Crippen molar-refractivity contribution in [3.63, 3.8) is 0 Å². The molecule has 1 aromatic heterocycles. The van der Waals surface area contributed by atoms with Gasteiger partial charge in [-0.3, -0.25) is 19.9 Å². The summed E-state index contributed by atoms with van der Waals surface area (Å²) < 4.78 is 26.8. The van der Waals surface area contributed by atoms with Crippen LogP contribution >= 0.6 is 0 Å². The standard InChI is InChI=1S/C20H14N4O6S/c1-12-16(11-13-4-6-14(7-5-13)24(27)28)20(26)23(22-12)31(29,30)18-9-8-17(25)19-15(18)3-2-10-21-19/h2-11,25H,1H3/b16-11+. The Labute approximate surface area is 176 Å². The average molecular weight is 438 g/mol. The number of aromatic nitrogens is 1. The van der Waals surface area contributed by atoms with E-state index in [0.29, 0.717) is 9.98 Å². The Hall–Kier alpha value is -4.12. The van der Waals surface area contributed by atoms with Crippen molar-refractivity contribution in [3.05, 3.63) is 76.0 Å². The quantitative estimate of drug-likeness (QED) is 0.375. The van der Waals surface area contributed by atoms with Gasteiger partial charge in [-0.1, -0.05) is 0 Å². The molecule has 2 aromatic carbocycles. The lowest BCUT2D eigenvalue weighted by Crippen LogP contribution is -2.29. The van der Waals surface area contributed by atoms with Crippen LogP contribution in [0.25, 0.3) is 17.0 Å². The molecule has 156 valence electrons. The van der Waals surface area contributed by atoms with Gasteiger partial charge < -0.3 is 5.11 Å². The molecule has 1 aliphatic heterocycles. The monoisotopic (exact) mass is 438 g/mol. The third-order valence-electron chi connectivity index (χ3n) is 4.66. The lowest BCUT2D eigenvalue weighted by Gasteiger charge is -2.14. The maximum atomic E-state index is 13.2. The minimum Gasteiger partial charge on any atom is -0.506 e. The summed E-state index contributed by atoms with van der Waals surface area (Å²) >= 11 is 0. The van der Waals surface area contributed by atoms with Crippen molar-refractivity contribution in [2.24, 2.45) is 5.10 Å². The van der Waals surface area contributed by atoms with Crippen LogP contribution in [0.5, 0.6) is 5.75 Å². The second-order valence-corrected chi connectivity index (χ2v) is 8.36. The number of carbonyl (C=O) groups excluding carboxylic acids is 1. The number of hydrogen-bond acceptors (Lipinski definition) is 8. The third-order valence-corrected chi connectivity index (χ3v) is 6.28. The molecule has 10 nitrogen and oxygen atoms in total. The maximum absolute atomic E-state index is 13.2. The molecule has 11 heteroatoms. The van der Waals surface area contributed by atoms with Gasteiger partial charge >= 0.3 is 0 Å². The van der Waals surface area contributed by atoms with Crippen molar-refractivity contribution in [2.45, 2.75) is 11.8 Å². The van der Waals surface area contributed by atoms with Gasteiger partial charge in [0.25, 0.3) is 21.6 Å². The number of nitro groups is 1. The first kappa shape index (κ1) is 20.2. The summed E-state index contributed by atoms with van der Waals surface area (Å²) in [6, 6.07) is 10.8. The van der Waals surface area contributed by atoms with Crippen LogP contribution in [0.15, 0.2) is 70.3 Å². The van der Waals surface area contributed by atoms with Crippen molar-refractivity contribution in [2.75, 3.05) is 0 Å². The number of phenols is 1. The number of benzene rings is 2. The second-order valence-electron chi connectivity index (χ2n) is 6.63.